The zero-order valence-corrected chi connectivity index (χ0v) is 12.0. The molecule has 0 spiro atoms. The minimum absolute atomic E-state index is 0.546. The van der Waals surface area contributed by atoms with E-state index < -0.39 is 0 Å². The largest absolute Gasteiger partial charge is 0.339 e. The topological polar surface area (TPSA) is 48.7 Å². The highest BCUT2D eigenvalue weighted by Crippen LogP contribution is 2.30. The number of aryl methyl sites for hydroxylation is 2. The van der Waals surface area contributed by atoms with Crippen molar-refractivity contribution < 1.29 is 0 Å². The summed E-state index contributed by atoms with van der Waals surface area (Å²) in [5.41, 5.74) is 2.88. The van der Waals surface area contributed by atoms with Gasteiger partial charge in [0.25, 0.3) is 0 Å². The number of halogens is 2. The second-order valence-corrected chi connectivity index (χ2v) is 5.01. The first-order valence-electron chi connectivity index (χ1n) is 5.61. The number of anilines is 2. The molecule has 0 radical (unpaired) electrons. The van der Waals surface area contributed by atoms with Crippen molar-refractivity contribution in [3.63, 3.8) is 0 Å². The molecule has 0 aliphatic carbocycles. The second-order valence-electron chi connectivity index (χ2n) is 4.20. The van der Waals surface area contributed by atoms with Crippen molar-refractivity contribution in [3.8, 4) is 6.07 Å². The van der Waals surface area contributed by atoms with Crippen LogP contribution in [0.2, 0.25) is 10.0 Å². The van der Waals surface area contributed by atoms with Gasteiger partial charge in [-0.25, -0.2) is 4.98 Å². The molecule has 1 aromatic heterocycles. The number of hydrogen-bond donors (Lipinski definition) is 1. The van der Waals surface area contributed by atoms with Crippen LogP contribution in [0.15, 0.2) is 24.3 Å². The summed E-state index contributed by atoms with van der Waals surface area (Å²) < 4.78 is 0. The van der Waals surface area contributed by atoms with Gasteiger partial charge < -0.3 is 5.32 Å². The van der Waals surface area contributed by atoms with Crippen LogP contribution in [0.25, 0.3) is 0 Å². The van der Waals surface area contributed by atoms with E-state index >= 15 is 0 Å². The fourth-order valence-electron chi connectivity index (χ4n) is 1.68. The van der Waals surface area contributed by atoms with E-state index in [4.69, 9.17) is 28.5 Å². The summed E-state index contributed by atoms with van der Waals surface area (Å²) in [5.74, 6) is 0.568. The normalized spacial score (nSPS) is 10.1. The minimum Gasteiger partial charge on any atom is -0.339 e. The summed E-state index contributed by atoms with van der Waals surface area (Å²) in [6.45, 7) is 3.71. The summed E-state index contributed by atoms with van der Waals surface area (Å²) >= 11 is 12.2. The monoisotopic (exact) mass is 291 g/mol. The molecule has 3 nitrogen and oxygen atoms in total. The predicted octanol–water partition coefficient (Wildman–Crippen LogP) is 4.62. The lowest BCUT2D eigenvalue weighted by atomic mass is 10.2. The third-order valence-corrected chi connectivity index (χ3v) is 3.31. The molecule has 0 unspecified atom stereocenters. The maximum atomic E-state index is 8.93. The molecule has 0 saturated heterocycles. The van der Waals surface area contributed by atoms with E-state index in [1.165, 1.54) is 0 Å². The van der Waals surface area contributed by atoms with Gasteiger partial charge in [0.05, 0.1) is 22.3 Å². The first-order valence-corrected chi connectivity index (χ1v) is 6.36. The van der Waals surface area contributed by atoms with Crippen molar-refractivity contribution in [2.45, 2.75) is 13.8 Å². The number of hydrogen-bond acceptors (Lipinski definition) is 3. The van der Waals surface area contributed by atoms with Gasteiger partial charge in [0.1, 0.15) is 5.82 Å². The quantitative estimate of drug-likeness (QED) is 0.878. The van der Waals surface area contributed by atoms with Gasteiger partial charge >= 0.3 is 0 Å². The minimum atomic E-state index is 0.546. The molecular weight excluding hydrogens is 281 g/mol. The molecule has 1 N–H and O–H groups in total. The van der Waals surface area contributed by atoms with E-state index in [9.17, 15) is 0 Å². The molecule has 0 aliphatic rings. The van der Waals surface area contributed by atoms with Crippen LogP contribution >= 0.6 is 23.2 Å². The van der Waals surface area contributed by atoms with Gasteiger partial charge in [-0.2, -0.15) is 5.26 Å². The Balaban J connectivity index is 2.39. The van der Waals surface area contributed by atoms with Gasteiger partial charge in [0.15, 0.2) is 0 Å². The Morgan fingerprint density at radius 1 is 1.11 bits per heavy atom. The Morgan fingerprint density at radius 2 is 1.84 bits per heavy atom. The Bertz CT molecular complexity index is 675. The Labute approximate surface area is 121 Å². The van der Waals surface area contributed by atoms with Crippen molar-refractivity contribution in [1.29, 1.82) is 5.26 Å². The molecule has 1 heterocycles. The third-order valence-electron chi connectivity index (χ3n) is 2.59. The van der Waals surface area contributed by atoms with Gasteiger partial charge in [-0.1, -0.05) is 23.2 Å². The van der Waals surface area contributed by atoms with E-state index in [-0.39, 0.29) is 0 Å². The molecule has 0 fully saturated rings. The average Bonchev–Trinajstić information content (AvgIpc) is 2.35. The van der Waals surface area contributed by atoms with Gasteiger partial charge in [0.2, 0.25) is 0 Å². The van der Waals surface area contributed by atoms with Crippen molar-refractivity contribution in [1.82, 2.24) is 4.98 Å². The number of nitriles is 1. The smallest absolute Gasteiger partial charge is 0.131 e. The molecule has 0 amide bonds. The van der Waals surface area contributed by atoms with Crippen LogP contribution in [-0.2, 0) is 0 Å². The highest BCUT2D eigenvalue weighted by atomic mass is 35.5. The van der Waals surface area contributed by atoms with Gasteiger partial charge in [-0.05, 0) is 43.7 Å². The summed E-state index contributed by atoms with van der Waals surface area (Å²) in [4.78, 5) is 4.31. The number of rotatable bonds is 2. The lowest BCUT2D eigenvalue weighted by molar-refractivity contribution is 1.19. The standard InChI is InChI=1S/C14H11Cl2N3/c1-8-3-12(16)13(6-11(8)15)19-14-5-10(7-17)4-9(2)18-14/h3-6H,1-2H3,(H,18,19). The van der Waals surface area contributed by atoms with Crippen LogP contribution in [-0.4, -0.2) is 4.98 Å². The zero-order chi connectivity index (χ0) is 14.0. The van der Waals surface area contributed by atoms with E-state index in [0.29, 0.717) is 27.1 Å². The number of pyridine rings is 1. The van der Waals surface area contributed by atoms with Crippen molar-refractivity contribution in [3.05, 3.63) is 51.1 Å². The molecule has 0 saturated carbocycles. The maximum Gasteiger partial charge on any atom is 0.131 e. The molecule has 1 aromatic carbocycles. The lowest BCUT2D eigenvalue weighted by Crippen LogP contribution is -1.97. The Kier molecular flexibility index (Phi) is 3.94. The molecule has 0 bridgehead atoms. The first kappa shape index (κ1) is 13.7. The maximum absolute atomic E-state index is 8.93. The van der Waals surface area contributed by atoms with Gasteiger partial charge in [0, 0.05) is 10.7 Å². The van der Waals surface area contributed by atoms with Gasteiger partial charge in [-0.3, -0.25) is 0 Å². The molecular formula is C14H11Cl2N3. The fraction of sp³-hybridized carbons (Fsp3) is 0.143. The third kappa shape index (κ3) is 3.17. The van der Waals surface area contributed by atoms with Crippen LogP contribution < -0.4 is 5.32 Å². The number of benzene rings is 1. The summed E-state index contributed by atoms with van der Waals surface area (Å²) in [7, 11) is 0. The van der Waals surface area contributed by atoms with Crippen LogP contribution in [0, 0.1) is 25.2 Å². The summed E-state index contributed by atoms with van der Waals surface area (Å²) in [6, 6.07) is 9.00. The van der Waals surface area contributed by atoms with E-state index in [2.05, 4.69) is 16.4 Å². The second kappa shape index (κ2) is 5.48. The number of nitrogens with zero attached hydrogens (tertiary/aromatic N) is 2. The predicted molar refractivity (Wildman–Crippen MR) is 78.2 cm³/mol. The lowest BCUT2D eigenvalue weighted by Gasteiger charge is -2.10. The molecule has 5 heteroatoms. The van der Waals surface area contributed by atoms with Crippen molar-refractivity contribution >= 4 is 34.7 Å². The van der Waals surface area contributed by atoms with Crippen LogP contribution in [0.4, 0.5) is 11.5 Å². The van der Waals surface area contributed by atoms with Crippen LogP contribution in [0.3, 0.4) is 0 Å². The average molecular weight is 292 g/mol. The number of nitrogens with one attached hydrogen (secondary N) is 1. The van der Waals surface area contributed by atoms with Crippen molar-refractivity contribution in [2.24, 2.45) is 0 Å². The molecule has 2 rings (SSSR count). The molecule has 96 valence electrons. The van der Waals surface area contributed by atoms with E-state index in [1.807, 2.05) is 13.8 Å². The Hall–Kier alpha value is -1.76. The molecule has 2 aromatic rings. The summed E-state index contributed by atoms with van der Waals surface area (Å²) in [6.07, 6.45) is 0. The first-order chi connectivity index (χ1) is 8.99. The van der Waals surface area contributed by atoms with Gasteiger partial charge in [-0.15, -0.1) is 0 Å². The molecule has 0 aliphatic heterocycles. The Morgan fingerprint density at radius 3 is 2.53 bits per heavy atom. The van der Waals surface area contributed by atoms with Crippen LogP contribution in [0.5, 0.6) is 0 Å². The molecule has 0 atom stereocenters. The van der Waals surface area contributed by atoms with Crippen molar-refractivity contribution in [2.75, 3.05) is 5.32 Å². The SMILES string of the molecule is Cc1cc(C#N)cc(Nc2cc(Cl)c(C)cc2Cl)n1. The zero-order valence-electron chi connectivity index (χ0n) is 10.5. The number of aromatic nitrogens is 1. The van der Waals surface area contributed by atoms with E-state index in [1.54, 1.807) is 24.3 Å². The summed E-state index contributed by atoms with van der Waals surface area (Å²) in [5, 5.41) is 13.2. The fourth-order valence-corrected chi connectivity index (χ4v) is 2.11. The molecule has 19 heavy (non-hydrogen) atoms. The van der Waals surface area contributed by atoms with E-state index in [0.717, 1.165) is 11.3 Å². The highest BCUT2D eigenvalue weighted by Gasteiger charge is 2.07. The highest BCUT2D eigenvalue weighted by molar-refractivity contribution is 6.35. The van der Waals surface area contributed by atoms with Crippen LogP contribution in [0.1, 0.15) is 16.8 Å².